The molecule has 3 unspecified atom stereocenters. The second kappa shape index (κ2) is 4.57. The molecule has 0 amide bonds. The van der Waals surface area contributed by atoms with Crippen LogP contribution in [0.15, 0.2) is 12.7 Å². The maximum absolute atomic E-state index is 11.0. The van der Waals surface area contributed by atoms with E-state index in [2.05, 4.69) is 6.58 Å². The Labute approximate surface area is 84.2 Å². The van der Waals surface area contributed by atoms with Crippen molar-refractivity contribution in [3.8, 4) is 0 Å². The van der Waals surface area contributed by atoms with Gasteiger partial charge in [0.2, 0.25) is 0 Å². The van der Waals surface area contributed by atoms with Gasteiger partial charge in [0.05, 0.1) is 12.7 Å². The number of ether oxygens (including phenoxy) is 1. The Hall–Kier alpha value is -0.870. The van der Waals surface area contributed by atoms with E-state index < -0.39 is 12.0 Å². The lowest BCUT2D eigenvalue weighted by atomic mass is 10.1. The maximum Gasteiger partial charge on any atom is 0.323 e. The van der Waals surface area contributed by atoms with Gasteiger partial charge in [-0.2, -0.15) is 0 Å². The Morgan fingerprint density at radius 3 is 2.93 bits per heavy atom. The predicted molar refractivity (Wildman–Crippen MR) is 53.2 cm³/mol. The van der Waals surface area contributed by atoms with Crippen molar-refractivity contribution in [2.24, 2.45) is 0 Å². The van der Waals surface area contributed by atoms with E-state index in [0.717, 1.165) is 0 Å². The minimum Gasteiger partial charge on any atom is -0.480 e. The summed E-state index contributed by atoms with van der Waals surface area (Å²) >= 11 is 0. The quantitative estimate of drug-likeness (QED) is 0.681. The number of morpholine rings is 1. The summed E-state index contributed by atoms with van der Waals surface area (Å²) in [6.07, 6.45) is 1.50. The molecular weight excluding hydrogens is 182 g/mol. The van der Waals surface area contributed by atoms with Crippen LogP contribution in [-0.2, 0) is 9.53 Å². The molecule has 4 heteroatoms. The number of carbonyl (C=O) groups is 1. The number of hydrogen-bond donors (Lipinski definition) is 1. The minimum absolute atomic E-state index is 0.0717. The van der Waals surface area contributed by atoms with Gasteiger partial charge in [0.15, 0.2) is 0 Å². The average molecular weight is 199 g/mol. The van der Waals surface area contributed by atoms with Crippen LogP contribution in [0.4, 0.5) is 0 Å². The standard InChI is InChI=1S/C10H17NO3/c1-4-7(2)11-5-6-14-8(3)9(11)10(12)13/h4,7-9H,1,5-6H2,2-3H3,(H,12,13). The molecule has 0 radical (unpaired) electrons. The predicted octanol–water partition coefficient (Wildman–Crippen LogP) is 0.735. The Bertz CT molecular complexity index is 229. The molecule has 0 aliphatic carbocycles. The lowest BCUT2D eigenvalue weighted by molar-refractivity contribution is -0.157. The first kappa shape index (κ1) is 11.2. The zero-order chi connectivity index (χ0) is 10.7. The molecule has 80 valence electrons. The molecule has 0 aromatic carbocycles. The van der Waals surface area contributed by atoms with Crippen LogP contribution < -0.4 is 0 Å². The molecule has 3 atom stereocenters. The second-order valence-electron chi connectivity index (χ2n) is 3.57. The first-order valence-corrected chi connectivity index (χ1v) is 4.80. The van der Waals surface area contributed by atoms with Crippen molar-refractivity contribution in [3.63, 3.8) is 0 Å². The number of rotatable bonds is 3. The van der Waals surface area contributed by atoms with Crippen molar-refractivity contribution in [1.29, 1.82) is 0 Å². The highest BCUT2D eigenvalue weighted by atomic mass is 16.5. The molecule has 0 aromatic rings. The summed E-state index contributed by atoms with van der Waals surface area (Å²) in [4.78, 5) is 12.9. The molecule has 0 bridgehead atoms. The van der Waals surface area contributed by atoms with E-state index in [-0.39, 0.29) is 12.1 Å². The van der Waals surface area contributed by atoms with Crippen molar-refractivity contribution >= 4 is 5.97 Å². The molecular formula is C10H17NO3. The van der Waals surface area contributed by atoms with Crippen LogP contribution >= 0.6 is 0 Å². The molecule has 1 aliphatic rings. The van der Waals surface area contributed by atoms with E-state index >= 15 is 0 Å². The lowest BCUT2D eigenvalue weighted by Crippen LogP contribution is -2.56. The SMILES string of the molecule is C=CC(C)N1CCOC(C)C1C(=O)O. The van der Waals surface area contributed by atoms with Gasteiger partial charge in [0, 0.05) is 12.6 Å². The van der Waals surface area contributed by atoms with Gasteiger partial charge in [0.25, 0.3) is 0 Å². The second-order valence-corrected chi connectivity index (χ2v) is 3.57. The van der Waals surface area contributed by atoms with Crippen LogP contribution in [0.25, 0.3) is 0 Å². The molecule has 1 saturated heterocycles. The maximum atomic E-state index is 11.0. The van der Waals surface area contributed by atoms with E-state index in [1.165, 1.54) is 0 Å². The number of nitrogens with zero attached hydrogens (tertiary/aromatic N) is 1. The Balaban J connectivity index is 2.79. The third-order valence-corrected chi connectivity index (χ3v) is 2.65. The number of carboxylic acids is 1. The van der Waals surface area contributed by atoms with Gasteiger partial charge in [-0.3, -0.25) is 9.69 Å². The normalized spacial score (nSPS) is 31.0. The fourth-order valence-electron chi connectivity index (χ4n) is 1.78. The van der Waals surface area contributed by atoms with E-state index in [1.807, 2.05) is 11.8 Å². The summed E-state index contributed by atoms with van der Waals surface area (Å²) in [6, 6.07) is -0.487. The highest BCUT2D eigenvalue weighted by Gasteiger charge is 2.36. The first-order chi connectivity index (χ1) is 6.57. The summed E-state index contributed by atoms with van der Waals surface area (Å²) in [6.45, 7) is 8.65. The smallest absolute Gasteiger partial charge is 0.323 e. The Kier molecular flexibility index (Phi) is 3.66. The van der Waals surface area contributed by atoms with Gasteiger partial charge < -0.3 is 9.84 Å². The molecule has 0 spiro atoms. The number of aliphatic carboxylic acids is 1. The topological polar surface area (TPSA) is 49.8 Å². The fraction of sp³-hybridized carbons (Fsp3) is 0.700. The van der Waals surface area contributed by atoms with Crippen LogP contribution in [0.1, 0.15) is 13.8 Å². The lowest BCUT2D eigenvalue weighted by Gasteiger charge is -2.39. The summed E-state index contributed by atoms with van der Waals surface area (Å²) < 4.78 is 5.32. The van der Waals surface area contributed by atoms with E-state index in [4.69, 9.17) is 9.84 Å². The average Bonchev–Trinajstić information content (AvgIpc) is 2.15. The van der Waals surface area contributed by atoms with E-state index in [1.54, 1.807) is 13.0 Å². The first-order valence-electron chi connectivity index (χ1n) is 4.80. The van der Waals surface area contributed by atoms with Crippen LogP contribution in [0, 0.1) is 0 Å². The molecule has 0 saturated carbocycles. The third-order valence-electron chi connectivity index (χ3n) is 2.65. The molecule has 1 rings (SSSR count). The van der Waals surface area contributed by atoms with Gasteiger partial charge in [-0.1, -0.05) is 6.08 Å². The minimum atomic E-state index is -0.828. The Morgan fingerprint density at radius 1 is 1.79 bits per heavy atom. The van der Waals surface area contributed by atoms with Gasteiger partial charge in [-0.05, 0) is 13.8 Å². The molecule has 1 fully saturated rings. The highest BCUT2D eigenvalue weighted by Crippen LogP contribution is 2.17. The monoisotopic (exact) mass is 199 g/mol. The highest BCUT2D eigenvalue weighted by molar-refractivity contribution is 5.74. The van der Waals surface area contributed by atoms with Crippen molar-refractivity contribution in [2.45, 2.75) is 32.0 Å². The number of hydrogen-bond acceptors (Lipinski definition) is 3. The summed E-state index contributed by atoms with van der Waals surface area (Å²) in [5, 5.41) is 9.07. The van der Waals surface area contributed by atoms with Crippen molar-refractivity contribution < 1.29 is 14.6 Å². The molecule has 14 heavy (non-hydrogen) atoms. The molecule has 1 heterocycles. The fourth-order valence-corrected chi connectivity index (χ4v) is 1.78. The summed E-state index contributed by atoms with van der Waals surface area (Å²) in [5.41, 5.74) is 0. The van der Waals surface area contributed by atoms with Crippen LogP contribution in [0.5, 0.6) is 0 Å². The van der Waals surface area contributed by atoms with Crippen molar-refractivity contribution in [2.75, 3.05) is 13.2 Å². The van der Waals surface area contributed by atoms with Crippen LogP contribution in [-0.4, -0.2) is 47.3 Å². The summed E-state index contributed by atoms with van der Waals surface area (Å²) in [7, 11) is 0. The van der Waals surface area contributed by atoms with Gasteiger partial charge in [0.1, 0.15) is 6.04 Å². The van der Waals surface area contributed by atoms with Crippen LogP contribution in [0.2, 0.25) is 0 Å². The Morgan fingerprint density at radius 2 is 2.43 bits per heavy atom. The van der Waals surface area contributed by atoms with Gasteiger partial charge in [-0.15, -0.1) is 6.58 Å². The van der Waals surface area contributed by atoms with Crippen molar-refractivity contribution in [1.82, 2.24) is 4.90 Å². The largest absolute Gasteiger partial charge is 0.480 e. The molecule has 0 aromatic heterocycles. The van der Waals surface area contributed by atoms with Crippen molar-refractivity contribution in [3.05, 3.63) is 12.7 Å². The van der Waals surface area contributed by atoms with Crippen LogP contribution in [0.3, 0.4) is 0 Å². The molecule has 1 aliphatic heterocycles. The number of carboxylic acid groups (broad SMARTS) is 1. The van der Waals surface area contributed by atoms with E-state index in [9.17, 15) is 4.79 Å². The third kappa shape index (κ3) is 2.13. The zero-order valence-electron chi connectivity index (χ0n) is 8.64. The zero-order valence-corrected chi connectivity index (χ0v) is 8.64. The molecule has 1 N–H and O–H groups in total. The van der Waals surface area contributed by atoms with E-state index in [0.29, 0.717) is 13.2 Å². The van der Waals surface area contributed by atoms with Gasteiger partial charge >= 0.3 is 5.97 Å². The molecule has 4 nitrogen and oxygen atoms in total. The van der Waals surface area contributed by atoms with Gasteiger partial charge in [-0.25, -0.2) is 0 Å². The summed E-state index contributed by atoms with van der Waals surface area (Å²) in [5.74, 6) is -0.828.